The van der Waals surface area contributed by atoms with Gasteiger partial charge in [-0.2, -0.15) is 0 Å². The summed E-state index contributed by atoms with van der Waals surface area (Å²) in [6, 6.07) is 73.6. The minimum Gasteiger partial charge on any atom is -0.452 e. The summed E-state index contributed by atoms with van der Waals surface area (Å²) >= 11 is 0. The van der Waals surface area contributed by atoms with Crippen molar-refractivity contribution in [3.05, 3.63) is 206 Å². The molecule has 0 spiro atoms. The molecule has 292 valence electrons. The van der Waals surface area contributed by atoms with Crippen LogP contribution in [0, 0.1) is 0 Å². The molecule has 14 rings (SSSR count). The van der Waals surface area contributed by atoms with Gasteiger partial charge in [-0.05, 0) is 89.0 Å². The summed E-state index contributed by atoms with van der Waals surface area (Å²) in [5.41, 5.74) is 16.9. The van der Waals surface area contributed by atoms with Crippen LogP contribution in [0.4, 0.5) is 0 Å². The van der Waals surface area contributed by atoms with Crippen LogP contribution in [0.15, 0.2) is 211 Å². The maximum absolute atomic E-state index is 6.49. The Balaban J connectivity index is 0.972. The van der Waals surface area contributed by atoms with Crippen LogP contribution < -0.4 is 0 Å². The van der Waals surface area contributed by atoms with Crippen molar-refractivity contribution in [2.24, 2.45) is 0 Å². The van der Waals surface area contributed by atoms with Gasteiger partial charge in [-0.15, -0.1) is 0 Å². The van der Waals surface area contributed by atoms with Gasteiger partial charge in [-0.1, -0.05) is 140 Å². The number of para-hydroxylation sites is 3. The van der Waals surface area contributed by atoms with Gasteiger partial charge in [0.2, 0.25) is 0 Å². The van der Waals surface area contributed by atoms with Crippen molar-refractivity contribution in [1.82, 2.24) is 18.9 Å². The smallest absolute Gasteiger partial charge is 0.180 e. The van der Waals surface area contributed by atoms with E-state index in [1.54, 1.807) is 0 Å². The van der Waals surface area contributed by atoms with E-state index in [2.05, 4.69) is 191 Å². The summed E-state index contributed by atoms with van der Waals surface area (Å²) in [7, 11) is 0. The van der Waals surface area contributed by atoms with Crippen LogP contribution in [-0.2, 0) is 0 Å². The standard InChI is InChI=1S/C58H34N4O/c1-3-13-35(14-4-1)37-23-25-38(26-24-37)53-57-54(44-19-9-12-22-51(44)63-57)60-58(59-53)39-27-30-41(31-28-39)61-48-20-10-7-17-42(48)46-34-47-45-33-40(36-15-5-2-6-16-36)29-32-50(45)62-49-21-11-8-18-43(49)52(55(46)61)56(47)62/h1-34H. The van der Waals surface area contributed by atoms with Crippen LogP contribution in [0.25, 0.3) is 133 Å². The van der Waals surface area contributed by atoms with Crippen LogP contribution in [0.2, 0.25) is 0 Å². The van der Waals surface area contributed by atoms with Crippen LogP contribution in [-0.4, -0.2) is 18.9 Å². The van der Waals surface area contributed by atoms with E-state index in [0.29, 0.717) is 11.4 Å². The SMILES string of the molecule is c1ccc(-c2ccc(-c3nc(-c4ccc(-n5c6ccccc6c6cc7c8cc(-c9ccccc9)ccc8n8c9ccccc9c(c65)c78)cc4)nc4c3oc3ccccc34)cc2)cc1. The average Bonchev–Trinajstić information content (AvgIpc) is 4.10. The average molecular weight is 803 g/mol. The number of rotatable bonds is 5. The molecule has 5 heteroatoms. The highest BCUT2D eigenvalue weighted by molar-refractivity contribution is 6.34. The molecule has 5 heterocycles. The van der Waals surface area contributed by atoms with E-state index < -0.39 is 0 Å². The number of furan rings is 1. The largest absolute Gasteiger partial charge is 0.452 e. The molecule has 0 saturated heterocycles. The van der Waals surface area contributed by atoms with Gasteiger partial charge in [-0.25, -0.2) is 9.97 Å². The zero-order valence-corrected chi connectivity index (χ0v) is 33.8. The van der Waals surface area contributed by atoms with Crippen molar-refractivity contribution in [3.8, 4) is 50.6 Å². The highest BCUT2D eigenvalue weighted by Crippen LogP contribution is 2.47. The summed E-state index contributed by atoms with van der Waals surface area (Å²) < 4.78 is 11.4. The van der Waals surface area contributed by atoms with Gasteiger partial charge in [0.1, 0.15) is 16.8 Å². The lowest BCUT2D eigenvalue weighted by atomic mass is 10.00. The summed E-state index contributed by atoms with van der Waals surface area (Å²) in [5, 5.41) is 8.47. The van der Waals surface area contributed by atoms with E-state index in [0.717, 1.165) is 50.1 Å². The van der Waals surface area contributed by atoms with E-state index in [4.69, 9.17) is 14.4 Å². The Hall–Kier alpha value is -8.54. The van der Waals surface area contributed by atoms with Crippen LogP contribution in [0.5, 0.6) is 0 Å². The molecule has 0 aliphatic rings. The van der Waals surface area contributed by atoms with Crippen molar-refractivity contribution < 1.29 is 4.42 Å². The Morgan fingerprint density at radius 3 is 1.71 bits per heavy atom. The third-order valence-corrected chi connectivity index (χ3v) is 13.1. The second-order valence-corrected chi connectivity index (χ2v) is 16.5. The van der Waals surface area contributed by atoms with Gasteiger partial charge in [-0.3, -0.25) is 0 Å². The maximum Gasteiger partial charge on any atom is 0.180 e. The molecule has 0 amide bonds. The van der Waals surface area contributed by atoms with Crippen molar-refractivity contribution in [1.29, 1.82) is 0 Å². The summed E-state index contributed by atoms with van der Waals surface area (Å²) in [6.45, 7) is 0. The van der Waals surface area contributed by atoms with Gasteiger partial charge in [0.05, 0.1) is 27.6 Å². The third-order valence-electron chi connectivity index (χ3n) is 13.1. The zero-order valence-electron chi connectivity index (χ0n) is 33.8. The number of hydrogen-bond acceptors (Lipinski definition) is 3. The molecular weight excluding hydrogens is 769 g/mol. The molecular formula is C58H34N4O. The van der Waals surface area contributed by atoms with E-state index in [1.165, 1.54) is 71.1 Å². The lowest BCUT2D eigenvalue weighted by molar-refractivity contribution is 0.667. The first-order chi connectivity index (χ1) is 31.2. The second-order valence-electron chi connectivity index (χ2n) is 16.5. The van der Waals surface area contributed by atoms with E-state index in [9.17, 15) is 0 Å². The van der Waals surface area contributed by atoms with E-state index in [1.807, 2.05) is 24.3 Å². The maximum atomic E-state index is 6.49. The molecule has 0 aliphatic carbocycles. The topological polar surface area (TPSA) is 48.3 Å². The van der Waals surface area contributed by atoms with Gasteiger partial charge in [0.15, 0.2) is 11.4 Å². The monoisotopic (exact) mass is 802 g/mol. The van der Waals surface area contributed by atoms with E-state index >= 15 is 0 Å². The molecule has 0 aliphatic heterocycles. The molecule has 14 aromatic rings. The number of fused-ring (bicyclic) bond motifs is 13. The van der Waals surface area contributed by atoms with Gasteiger partial charge in [0.25, 0.3) is 0 Å². The normalized spacial score (nSPS) is 12.1. The Morgan fingerprint density at radius 1 is 0.365 bits per heavy atom. The number of nitrogens with zero attached hydrogens (tertiary/aromatic N) is 4. The molecule has 5 nitrogen and oxygen atoms in total. The predicted octanol–water partition coefficient (Wildman–Crippen LogP) is 15.3. The number of aromatic nitrogens is 4. The first-order valence-corrected chi connectivity index (χ1v) is 21.4. The van der Waals surface area contributed by atoms with Crippen molar-refractivity contribution in [3.63, 3.8) is 0 Å². The fourth-order valence-electron chi connectivity index (χ4n) is 10.2. The molecule has 0 fully saturated rings. The summed E-state index contributed by atoms with van der Waals surface area (Å²) in [6.07, 6.45) is 0. The molecule has 0 radical (unpaired) electrons. The van der Waals surface area contributed by atoms with Crippen molar-refractivity contribution >= 4 is 82.0 Å². The number of hydrogen-bond donors (Lipinski definition) is 0. The first-order valence-electron chi connectivity index (χ1n) is 21.4. The van der Waals surface area contributed by atoms with E-state index in [-0.39, 0.29) is 0 Å². The van der Waals surface area contributed by atoms with Gasteiger partial charge < -0.3 is 13.4 Å². The number of benzene rings is 9. The lowest BCUT2D eigenvalue weighted by Gasteiger charge is -2.11. The first kappa shape index (κ1) is 34.2. The van der Waals surface area contributed by atoms with Crippen LogP contribution in [0.1, 0.15) is 0 Å². The van der Waals surface area contributed by atoms with Crippen LogP contribution >= 0.6 is 0 Å². The molecule has 9 aromatic carbocycles. The highest BCUT2D eigenvalue weighted by Gasteiger charge is 2.25. The lowest BCUT2D eigenvalue weighted by Crippen LogP contribution is -1.96. The molecule has 5 aromatic heterocycles. The summed E-state index contributed by atoms with van der Waals surface area (Å²) in [5.74, 6) is 0.651. The zero-order chi connectivity index (χ0) is 41.2. The quantitative estimate of drug-likeness (QED) is 0.174. The molecule has 0 N–H and O–H groups in total. The second kappa shape index (κ2) is 13.0. The van der Waals surface area contributed by atoms with Crippen LogP contribution in [0.3, 0.4) is 0 Å². The molecule has 0 atom stereocenters. The minimum absolute atomic E-state index is 0.651. The Morgan fingerprint density at radius 2 is 0.937 bits per heavy atom. The minimum atomic E-state index is 0.651. The molecule has 63 heavy (non-hydrogen) atoms. The summed E-state index contributed by atoms with van der Waals surface area (Å²) in [4.78, 5) is 10.5. The predicted molar refractivity (Wildman–Crippen MR) is 260 cm³/mol. The van der Waals surface area contributed by atoms with Crippen molar-refractivity contribution in [2.45, 2.75) is 0 Å². The fourth-order valence-corrected chi connectivity index (χ4v) is 10.2. The highest BCUT2D eigenvalue weighted by atomic mass is 16.3. The van der Waals surface area contributed by atoms with Gasteiger partial charge in [0, 0.05) is 54.5 Å². The molecule has 0 saturated carbocycles. The molecule has 0 unspecified atom stereocenters. The van der Waals surface area contributed by atoms with Crippen molar-refractivity contribution in [2.75, 3.05) is 0 Å². The molecule has 0 bridgehead atoms. The Kier molecular flexibility index (Phi) is 7.05. The van der Waals surface area contributed by atoms with Gasteiger partial charge >= 0.3 is 0 Å². The Bertz CT molecular complexity index is 4100. The Labute approximate surface area is 360 Å². The third kappa shape index (κ3) is 4.93. The fraction of sp³-hybridized carbons (Fsp3) is 0.